The van der Waals surface area contributed by atoms with Crippen molar-refractivity contribution in [1.29, 1.82) is 0 Å². The van der Waals surface area contributed by atoms with Crippen LogP contribution in [-0.4, -0.2) is 20.7 Å². The molecule has 0 aromatic carbocycles. The molecule has 110 valence electrons. The van der Waals surface area contributed by atoms with Gasteiger partial charge in [-0.3, -0.25) is 4.79 Å². The van der Waals surface area contributed by atoms with Crippen molar-refractivity contribution < 1.29 is 9.53 Å². The van der Waals surface area contributed by atoms with Crippen molar-refractivity contribution in [3.05, 3.63) is 0 Å². The minimum atomic E-state index is -1.10. The third-order valence-electron chi connectivity index (χ3n) is 5.78. The van der Waals surface area contributed by atoms with Crippen LogP contribution in [0.15, 0.2) is 0 Å². The van der Waals surface area contributed by atoms with Crippen molar-refractivity contribution in [1.82, 2.24) is 0 Å². The number of fused-ring (bicyclic) bond motifs is 2. The molecule has 0 spiro atoms. The SMILES string of the molecule is CC1C(C)C2C(C(=O)OCC[Si](C)(C)C)CC1C2C. The first-order chi connectivity index (χ1) is 8.72. The van der Waals surface area contributed by atoms with Crippen LogP contribution in [0.2, 0.25) is 25.7 Å². The Kier molecular flexibility index (Phi) is 4.15. The summed E-state index contributed by atoms with van der Waals surface area (Å²) in [6.45, 7) is 14.6. The van der Waals surface area contributed by atoms with Crippen molar-refractivity contribution >= 4 is 14.0 Å². The fourth-order valence-electron chi connectivity index (χ4n) is 4.41. The van der Waals surface area contributed by atoms with Gasteiger partial charge in [0.1, 0.15) is 0 Å². The molecule has 0 heterocycles. The van der Waals surface area contributed by atoms with Gasteiger partial charge >= 0.3 is 5.97 Å². The van der Waals surface area contributed by atoms with Gasteiger partial charge in [-0.2, -0.15) is 0 Å². The van der Waals surface area contributed by atoms with E-state index in [4.69, 9.17) is 4.74 Å². The molecule has 2 fully saturated rings. The maximum absolute atomic E-state index is 12.3. The summed E-state index contributed by atoms with van der Waals surface area (Å²) >= 11 is 0. The number of ether oxygens (including phenoxy) is 1. The highest BCUT2D eigenvalue weighted by atomic mass is 28.3. The second kappa shape index (κ2) is 5.23. The van der Waals surface area contributed by atoms with E-state index in [1.807, 2.05) is 0 Å². The fraction of sp³-hybridized carbons (Fsp3) is 0.938. The van der Waals surface area contributed by atoms with Crippen LogP contribution < -0.4 is 0 Å². The second-order valence-corrected chi connectivity index (χ2v) is 13.8. The summed E-state index contributed by atoms with van der Waals surface area (Å²) in [5, 5.41) is 0. The van der Waals surface area contributed by atoms with Crippen LogP contribution in [0.3, 0.4) is 0 Å². The van der Waals surface area contributed by atoms with Crippen molar-refractivity contribution in [2.24, 2.45) is 35.5 Å². The first-order valence-corrected chi connectivity index (χ1v) is 11.6. The maximum atomic E-state index is 12.3. The van der Waals surface area contributed by atoms with Crippen LogP contribution in [0.5, 0.6) is 0 Å². The van der Waals surface area contributed by atoms with Crippen LogP contribution in [-0.2, 0) is 9.53 Å². The predicted molar refractivity (Wildman–Crippen MR) is 81.7 cm³/mol. The zero-order valence-corrected chi connectivity index (χ0v) is 14.4. The second-order valence-electron chi connectivity index (χ2n) is 8.14. The van der Waals surface area contributed by atoms with Gasteiger partial charge in [-0.15, -0.1) is 0 Å². The van der Waals surface area contributed by atoms with Crippen LogP contribution in [0.4, 0.5) is 0 Å². The molecule has 0 radical (unpaired) electrons. The summed E-state index contributed by atoms with van der Waals surface area (Å²) in [7, 11) is -1.10. The number of hydrogen-bond donors (Lipinski definition) is 0. The van der Waals surface area contributed by atoms with Gasteiger partial charge in [0.15, 0.2) is 0 Å². The van der Waals surface area contributed by atoms with E-state index in [9.17, 15) is 4.79 Å². The van der Waals surface area contributed by atoms with Crippen LogP contribution >= 0.6 is 0 Å². The highest BCUT2D eigenvalue weighted by Crippen LogP contribution is 2.58. The smallest absolute Gasteiger partial charge is 0.309 e. The molecule has 2 nitrogen and oxygen atoms in total. The Morgan fingerprint density at radius 2 is 1.74 bits per heavy atom. The van der Waals surface area contributed by atoms with Crippen molar-refractivity contribution in [3.63, 3.8) is 0 Å². The molecule has 2 saturated carbocycles. The first kappa shape index (κ1) is 15.1. The van der Waals surface area contributed by atoms with Gasteiger partial charge in [0.05, 0.1) is 12.5 Å². The van der Waals surface area contributed by atoms with Gasteiger partial charge in [-0.05, 0) is 42.1 Å². The molecule has 0 saturated heterocycles. The fourth-order valence-corrected chi connectivity index (χ4v) is 5.13. The average molecular weight is 282 g/mol. The van der Waals surface area contributed by atoms with E-state index in [-0.39, 0.29) is 11.9 Å². The van der Waals surface area contributed by atoms with Gasteiger partial charge in [-0.1, -0.05) is 40.4 Å². The molecule has 2 aliphatic carbocycles. The molecule has 2 aliphatic rings. The molecule has 2 rings (SSSR count). The van der Waals surface area contributed by atoms with Gasteiger partial charge in [0.2, 0.25) is 0 Å². The molecule has 0 N–H and O–H groups in total. The Morgan fingerprint density at radius 3 is 2.21 bits per heavy atom. The molecule has 3 heteroatoms. The molecule has 6 atom stereocenters. The number of carbonyl (C=O) groups is 1. The lowest BCUT2D eigenvalue weighted by Gasteiger charge is -2.30. The quantitative estimate of drug-likeness (QED) is 0.574. The zero-order chi connectivity index (χ0) is 14.4. The van der Waals surface area contributed by atoms with E-state index in [1.54, 1.807) is 0 Å². The molecular formula is C16H30O2Si. The number of hydrogen-bond acceptors (Lipinski definition) is 2. The Bertz CT molecular complexity index is 343. The molecule has 6 unspecified atom stereocenters. The van der Waals surface area contributed by atoms with E-state index >= 15 is 0 Å². The molecule has 0 aliphatic heterocycles. The standard InChI is InChI=1S/C16H30O2Si/c1-10-11(2)15-12(3)13(10)9-14(15)16(17)18-7-8-19(4,5)6/h10-15H,7-9H2,1-6H3. The van der Waals surface area contributed by atoms with E-state index in [0.717, 1.165) is 24.3 Å². The molecular weight excluding hydrogens is 252 g/mol. The van der Waals surface area contributed by atoms with E-state index in [1.165, 1.54) is 0 Å². The lowest BCUT2D eigenvalue weighted by atomic mass is 9.76. The minimum Gasteiger partial charge on any atom is -0.466 e. The highest BCUT2D eigenvalue weighted by Gasteiger charge is 2.56. The van der Waals surface area contributed by atoms with Crippen LogP contribution in [0.25, 0.3) is 0 Å². The molecule has 19 heavy (non-hydrogen) atoms. The summed E-state index contributed by atoms with van der Waals surface area (Å²) in [6.07, 6.45) is 1.07. The highest BCUT2D eigenvalue weighted by molar-refractivity contribution is 6.76. The average Bonchev–Trinajstić information content (AvgIpc) is 2.71. The third kappa shape index (κ3) is 2.91. The summed E-state index contributed by atoms with van der Waals surface area (Å²) in [4.78, 5) is 12.3. The summed E-state index contributed by atoms with van der Waals surface area (Å²) in [5.41, 5.74) is 0. The molecule has 0 amide bonds. The van der Waals surface area contributed by atoms with Gasteiger partial charge < -0.3 is 4.74 Å². The maximum Gasteiger partial charge on any atom is 0.309 e. The van der Waals surface area contributed by atoms with Crippen molar-refractivity contribution in [2.75, 3.05) is 6.61 Å². The third-order valence-corrected chi connectivity index (χ3v) is 7.49. The lowest BCUT2D eigenvalue weighted by molar-refractivity contribution is -0.151. The number of rotatable bonds is 4. The Balaban J connectivity index is 1.89. The molecule has 0 aromatic heterocycles. The van der Waals surface area contributed by atoms with Gasteiger partial charge in [-0.25, -0.2) is 0 Å². The van der Waals surface area contributed by atoms with Crippen molar-refractivity contribution in [2.45, 2.75) is 52.9 Å². The summed E-state index contributed by atoms with van der Waals surface area (Å²) in [6, 6.07) is 1.08. The van der Waals surface area contributed by atoms with Gasteiger partial charge in [0.25, 0.3) is 0 Å². The Hall–Kier alpha value is -0.313. The Labute approximate surface area is 119 Å². The minimum absolute atomic E-state index is 0.0938. The number of carbonyl (C=O) groups excluding carboxylic acids is 1. The summed E-state index contributed by atoms with van der Waals surface area (Å²) in [5.74, 6) is 3.77. The van der Waals surface area contributed by atoms with Crippen molar-refractivity contribution in [3.8, 4) is 0 Å². The number of esters is 1. The monoisotopic (exact) mass is 282 g/mol. The first-order valence-electron chi connectivity index (χ1n) is 7.89. The molecule has 2 bridgehead atoms. The lowest BCUT2D eigenvalue weighted by Crippen LogP contribution is -2.32. The Morgan fingerprint density at radius 1 is 1.11 bits per heavy atom. The largest absolute Gasteiger partial charge is 0.466 e. The van der Waals surface area contributed by atoms with Gasteiger partial charge in [0, 0.05) is 8.07 Å². The predicted octanol–water partition coefficient (Wildman–Crippen LogP) is 4.04. The summed E-state index contributed by atoms with van der Waals surface area (Å²) < 4.78 is 5.58. The van der Waals surface area contributed by atoms with Crippen LogP contribution in [0, 0.1) is 35.5 Å². The van der Waals surface area contributed by atoms with E-state index in [2.05, 4.69) is 40.4 Å². The normalized spacial score (nSPS) is 41.6. The molecule has 0 aromatic rings. The zero-order valence-electron chi connectivity index (χ0n) is 13.4. The topological polar surface area (TPSA) is 26.3 Å². The van der Waals surface area contributed by atoms with E-state index in [0.29, 0.717) is 24.4 Å². The van der Waals surface area contributed by atoms with E-state index < -0.39 is 8.07 Å². The van der Waals surface area contributed by atoms with Crippen LogP contribution in [0.1, 0.15) is 27.2 Å².